The summed E-state index contributed by atoms with van der Waals surface area (Å²) in [5, 5.41) is 7.53. The molecule has 2 bridgehead atoms. The molecule has 4 heteroatoms. The van der Waals surface area contributed by atoms with Crippen molar-refractivity contribution in [1.82, 2.24) is 10.2 Å². The Labute approximate surface area is 136 Å². The summed E-state index contributed by atoms with van der Waals surface area (Å²) in [6, 6.07) is 11.1. The third kappa shape index (κ3) is 2.98. The Morgan fingerprint density at radius 2 is 1.90 bits per heavy atom. The van der Waals surface area contributed by atoms with E-state index in [9.17, 15) is 0 Å². The molecule has 3 heterocycles. The summed E-state index contributed by atoms with van der Waals surface area (Å²) >= 11 is 1.88. The lowest BCUT2D eigenvalue weighted by Gasteiger charge is -2.35. The van der Waals surface area contributed by atoms with Gasteiger partial charge in [0.05, 0.1) is 0 Å². The minimum Gasteiger partial charge on any atom is -0.311 e. The van der Waals surface area contributed by atoms with Gasteiger partial charge >= 0.3 is 0 Å². The van der Waals surface area contributed by atoms with E-state index in [2.05, 4.69) is 46.9 Å². The number of halogens is 1. The first-order valence-electron chi connectivity index (χ1n) is 7.71. The maximum Gasteiger partial charge on any atom is 0.0346 e. The topological polar surface area (TPSA) is 15.3 Å². The molecule has 1 aromatic heterocycles. The minimum atomic E-state index is 0. The Kier molecular flexibility index (Phi) is 4.55. The second kappa shape index (κ2) is 6.25. The Morgan fingerprint density at radius 3 is 2.67 bits per heavy atom. The molecule has 2 aliphatic rings. The lowest BCUT2D eigenvalue weighted by atomic mass is 9.98. The van der Waals surface area contributed by atoms with Crippen molar-refractivity contribution in [3.8, 4) is 0 Å². The summed E-state index contributed by atoms with van der Waals surface area (Å²) in [6.45, 7) is 1.09. The molecule has 2 unspecified atom stereocenters. The third-order valence-corrected chi connectivity index (χ3v) is 6.06. The van der Waals surface area contributed by atoms with E-state index in [-0.39, 0.29) is 12.4 Å². The molecule has 114 valence electrons. The molecule has 2 aliphatic heterocycles. The summed E-state index contributed by atoms with van der Waals surface area (Å²) in [6.07, 6.45) is 5.43. The van der Waals surface area contributed by atoms with E-state index in [4.69, 9.17) is 0 Å². The van der Waals surface area contributed by atoms with E-state index in [0.29, 0.717) is 0 Å². The summed E-state index contributed by atoms with van der Waals surface area (Å²) in [4.78, 5) is 2.58. The van der Waals surface area contributed by atoms with Gasteiger partial charge in [0.15, 0.2) is 0 Å². The molecule has 4 rings (SSSR count). The highest BCUT2D eigenvalue weighted by atomic mass is 35.5. The largest absolute Gasteiger partial charge is 0.311 e. The molecule has 2 aromatic rings. The zero-order valence-electron chi connectivity index (χ0n) is 12.4. The predicted molar refractivity (Wildman–Crippen MR) is 93.5 cm³/mol. The number of piperidine rings is 1. The van der Waals surface area contributed by atoms with Crippen LogP contribution >= 0.6 is 23.7 Å². The number of hydrogen-bond acceptors (Lipinski definition) is 3. The molecule has 0 spiro atoms. The van der Waals surface area contributed by atoms with E-state index in [1.807, 2.05) is 11.3 Å². The quantitative estimate of drug-likeness (QED) is 0.917. The van der Waals surface area contributed by atoms with Gasteiger partial charge in [0.2, 0.25) is 0 Å². The summed E-state index contributed by atoms with van der Waals surface area (Å²) < 4.78 is 1.42. The zero-order valence-corrected chi connectivity index (χ0v) is 14.1. The van der Waals surface area contributed by atoms with Crippen LogP contribution in [0.5, 0.6) is 0 Å². The Morgan fingerprint density at radius 1 is 1.19 bits per heavy atom. The molecule has 0 saturated carbocycles. The van der Waals surface area contributed by atoms with Crippen molar-refractivity contribution in [2.75, 3.05) is 7.05 Å². The average Bonchev–Trinajstić information content (AvgIpc) is 3.03. The number of nitrogens with one attached hydrogen (secondary N) is 1. The van der Waals surface area contributed by atoms with Gasteiger partial charge in [-0.1, -0.05) is 18.2 Å². The lowest BCUT2D eigenvalue weighted by molar-refractivity contribution is 0.166. The highest BCUT2D eigenvalue weighted by molar-refractivity contribution is 7.17. The number of thiophene rings is 1. The fraction of sp³-hybridized carbons (Fsp3) is 0.529. The molecule has 0 aliphatic carbocycles. The number of rotatable bonds is 3. The van der Waals surface area contributed by atoms with Gasteiger partial charge in [-0.3, -0.25) is 4.90 Å². The van der Waals surface area contributed by atoms with Crippen molar-refractivity contribution < 1.29 is 0 Å². The number of benzene rings is 1. The lowest BCUT2D eigenvalue weighted by Crippen LogP contribution is -2.46. The second-order valence-electron chi connectivity index (χ2n) is 6.44. The minimum absolute atomic E-state index is 0. The fourth-order valence-corrected chi connectivity index (χ4v) is 4.89. The van der Waals surface area contributed by atoms with Crippen LogP contribution in [0.25, 0.3) is 10.1 Å². The van der Waals surface area contributed by atoms with Crippen molar-refractivity contribution in [3.63, 3.8) is 0 Å². The standard InChI is InChI=1S/C17H22N2S.ClH/c1-19(15-8-13-6-7-14(9-15)18-13)10-12-11-20-17-5-3-2-4-16(12)17;/h2-5,11,13-15,18H,6-10H2,1H3;1H. The van der Waals surface area contributed by atoms with E-state index in [1.165, 1.54) is 41.3 Å². The van der Waals surface area contributed by atoms with Crippen LogP contribution in [0.2, 0.25) is 0 Å². The van der Waals surface area contributed by atoms with Crippen molar-refractivity contribution in [2.24, 2.45) is 0 Å². The van der Waals surface area contributed by atoms with Crippen LogP contribution in [0, 0.1) is 0 Å². The Bertz CT molecular complexity index is 600. The van der Waals surface area contributed by atoms with Gasteiger partial charge in [0.25, 0.3) is 0 Å². The van der Waals surface area contributed by atoms with Gasteiger partial charge in [0, 0.05) is 29.4 Å². The molecule has 1 aromatic carbocycles. The maximum atomic E-state index is 3.74. The van der Waals surface area contributed by atoms with Crippen LogP contribution in [0.1, 0.15) is 31.2 Å². The van der Waals surface area contributed by atoms with E-state index in [0.717, 1.165) is 24.7 Å². The molecule has 2 nitrogen and oxygen atoms in total. The Balaban J connectivity index is 0.00000132. The van der Waals surface area contributed by atoms with Crippen LogP contribution in [0.4, 0.5) is 0 Å². The van der Waals surface area contributed by atoms with Crippen molar-refractivity contribution in [3.05, 3.63) is 35.2 Å². The van der Waals surface area contributed by atoms with Crippen molar-refractivity contribution >= 4 is 33.8 Å². The molecule has 2 atom stereocenters. The predicted octanol–water partition coefficient (Wildman–Crippen LogP) is 4.04. The highest BCUT2D eigenvalue weighted by Crippen LogP contribution is 2.31. The van der Waals surface area contributed by atoms with Crippen LogP contribution in [-0.4, -0.2) is 30.1 Å². The van der Waals surface area contributed by atoms with Gasteiger partial charge in [-0.05, 0) is 55.1 Å². The Hall–Kier alpha value is -0.610. The second-order valence-corrected chi connectivity index (χ2v) is 7.35. The summed E-state index contributed by atoms with van der Waals surface area (Å²) in [7, 11) is 2.31. The SMILES string of the molecule is CN(Cc1csc2ccccc12)C1CC2CCC(C1)N2.Cl. The van der Waals surface area contributed by atoms with E-state index < -0.39 is 0 Å². The molecular formula is C17H23ClN2S. The molecule has 21 heavy (non-hydrogen) atoms. The average molecular weight is 323 g/mol. The van der Waals surface area contributed by atoms with Crippen LogP contribution in [-0.2, 0) is 6.54 Å². The van der Waals surface area contributed by atoms with Crippen LogP contribution in [0.3, 0.4) is 0 Å². The monoisotopic (exact) mass is 322 g/mol. The third-order valence-electron chi connectivity index (χ3n) is 5.05. The number of nitrogens with zero attached hydrogens (tertiary/aromatic N) is 1. The van der Waals surface area contributed by atoms with E-state index in [1.54, 1.807) is 0 Å². The molecule has 0 radical (unpaired) electrons. The fourth-order valence-electron chi connectivity index (χ4n) is 3.94. The highest BCUT2D eigenvalue weighted by Gasteiger charge is 2.35. The van der Waals surface area contributed by atoms with Crippen molar-refractivity contribution in [1.29, 1.82) is 0 Å². The summed E-state index contributed by atoms with van der Waals surface area (Å²) in [5.41, 5.74) is 1.50. The van der Waals surface area contributed by atoms with Gasteiger partial charge in [-0.15, -0.1) is 23.7 Å². The molecular weight excluding hydrogens is 300 g/mol. The van der Waals surface area contributed by atoms with Crippen LogP contribution in [0.15, 0.2) is 29.6 Å². The number of hydrogen-bond donors (Lipinski definition) is 1. The van der Waals surface area contributed by atoms with Gasteiger partial charge < -0.3 is 5.32 Å². The molecule has 2 fully saturated rings. The van der Waals surface area contributed by atoms with E-state index >= 15 is 0 Å². The number of fused-ring (bicyclic) bond motifs is 3. The van der Waals surface area contributed by atoms with Crippen molar-refractivity contribution in [2.45, 2.75) is 50.4 Å². The first-order valence-corrected chi connectivity index (χ1v) is 8.59. The first-order chi connectivity index (χ1) is 9.79. The van der Waals surface area contributed by atoms with Gasteiger partial charge in [0.1, 0.15) is 0 Å². The van der Waals surface area contributed by atoms with Gasteiger partial charge in [-0.2, -0.15) is 0 Å². The molecule has 2 saturated heterocycles. The molecule has 0 amide bonds. The normalized spacial score (nSPS) is 28.0. The summed E-state index contributed by atoms with van der Waals surface area (Å²) in [5.74, 6) is 0. The first kappa shape index (κ1) is 15.3. The molecule has 1 N–H and O–H groups in total. The van der Waals surface area contributed by atoms with Gasteiger partial charge in [-0.25, -0.2) is 0 Å². The van der Waals surface area contributed by atoms with Crippen LogP contribution < -0.4 is 5.32 Å². The smallest absolute Gasteiger partial charge is 0.0346 e. The zero-order chi connectivity index (χ0) is 13.5. The maximum absolute atomic E-state index is 3.74.